The molecular weight excluding hydrogens is 517 g/mol. The number of nitrogens with one attached hydrogen (secondary N) is 1. The smallest absolute Gasteiger partial charge is 0.238 e. The van der Waals surface area contributed by atoms with Crippen LogP contribution in [0.1, 0.15) is 10.4 Å². The zero-order chi connectivity index (χ0) is 26.0. The maximum absolute atomic E-state index is 13.1. The highest BCUT2D eigenvalue weighted by Gasteiger charge is 2.21. The summed E-state index contributed by atoms with van der Waals surface area (Å²) < 4.78 is 37.9. The number of aromatic amines is 1. The largest absolute Gasteiger partial charge is 0.293 e. The van der Waals surface area contributed by atoms with E-state index in [2.05, 4.69) is 25.5 Å². The second kappa shape index (κ2) is 10.0. The van der Waals surface area contributed by atoms with Crippen molar-refractivity contribution >= 4 is 27.6 Å². The van der Waals surface area contributed by atoms with E-state index < -0.39 is 15.8 Å². The van der Waals surface area contributed by atoms with Crippen LogP contribution in [-0.4, -0.2) is 50.1 Å². The molecule has 0 atom stereocenters. The number of aromatic nitrogens is 6. The predicted molar refractivity (Wildman–Crippen MR) is 135 cm³/mol. The van der Waals surface area contributed by atoms with Crippen LogP contribution < -0.4 is 5.14 Å². The Morgan fingerprint density at radius 1 is 1.00 bits per heavy atom. The Labute approximate surface area is 214 Å². The van der Waals surface area contributed by atoms with Crippen LogP contribution in [0.3, 0.4) is 0 Å². The molecule has 37 heavy (non-hydrogen) atoms. The topological polar surface area (TPSA) is 150 Å². The normalized spacial score (nSPS) is 11.5. The number of rotatable bonds is 8. The van der Waals surface area contributed by atoms with Crippen molar-refractivity contribution in [2.24, 2.45) is 5.14 Å². The molecule has 0 fully saturated rings. The Morgan fingerprint density at radius 3 is 2.38 bits per heavy atom. The predicted octanol–water partition coefficient (Wildman–Crippen LogP) is 3.48. The van der Waals surface area contributed by atoms with Gasteiger partial charge in [0.15, 0.2) is 17.3 Å². The van der Waals surface area contributed by atoms with Crippen LogP contribution in [0.5, 0.6) is 0 Å². The Kier molecular flexibility index (Phi) is 6.65. The van der Waals surface area contributed by atoms with Crippen molar-refractivity contribution in [2.75, 3.05) is 5.75 Å². The van der Waals surface area contributed by atoms with Crippen LogP contribution in [0, 0.1) is 5.82 Å². The van der Waals surface area contributed by atoms with E-state index >= 15 is 0 Å². The highest BCUT2D eigenvalue weighted by molar-refractivity contribution is 7.99. The number of hydrogen-bond acceptors (Lipinski definition) is 8. The lowest BCUT2D eigenvalue weighted by Gasteiger charge is -2.08. The second-order valence-corrected chi connectivity index (χ2v) is 10.3. The van der Waals surface area contributed by atoms with E-state index in [1.165, 1.54) is 36.4 Å². The van der Waals surface area contributed by atoms with Gasteiger partial charge in [-0.15, -0.1) is 10.2 Å². The monoisotopic (exact) mass is 535 g/mol. The number of nitrogens with zero attached hydrogens (tertiary/aromatic N) is 5. The van der Waals surface area contributed by atoms with E-state index in [9.17, 15) is 17.6 Å². The molecule has 13 heteroatoms. The molecule has 0 spiro atoms. The van der Waals surface area contributed by atoms with Gasteiger partial charge in [0.25, 0.3) is 0 Å². The molecule has 0 aliphatic heterocycles. The fourth-order valence-electron chi connectivity index (χ4n) is 3.52. The molecule has 2 aromatic heterocycles. The van der Waals surface area contributed by atoms with Gasteiger partial charge in [-0.2, -0.15) is 4.98 Å². The van der Waals surface area contributed by atoms with Gasteiger partial charge in [-0.05, 0) is 48.5 Å². The average Bonchev–Trinajstić information content (AvgIpc) is 3.55. The van der Waals surface area contributed by atoms with E-state index in [-0.39, 0.29) is 16.4 Å². The van der Waals surface area contributed by atoms with Gasteiger partial charge in [0.2, 0.25) is 15.2 Å². The summed E-state index contributed by atoms with van der Waals surface area (Å²) in [4.78, 5) is 16.9. The van der Waals surface area contributed by atoms with Crippen LogP contribution in [-0.2, 0) is 10.0 Å². The Hall–Kier alpha value is -4.20. The fourth-order valence-corrected chi connectivity index (χ4v) is 4.73. The number of sulfonamides is 1. The number of H-pyrrole nitrogens is 1. The van der Waals surface area contributed by atoms with Crippen molar-refractivity contribution in [2.45, 2.75) is 10.1 Å². The lowest BCUT2D eigenvalue weighted by Crippen LogP contribution is -2.12. The van der Waals surface area contributed by atoms with Gasteiger partial charge in [0.1, 0.15) is 11.5 Å². The molecule has 10 nitrogen and oxygen atoms in total. The van der Waals surface area contributed by atoms with E-state index in [0.717, 1.165) is 17.3 Å². The summed E-state index contributed by atoms with van der Waals surface area (Å²) in [6.07, 6.45) is 0. The molecule has 0 unspecified atom stereocenters. The van der Waals surface area contributed by atoms with Gasteiger partial charge in [-0.25, -0.2) is 22.6 Å². The van der Waals surface area contributed by atoms with Gasteiger partial charge >= 0.3 is 0 Å². The van der Waals surface area contributed by atoms with Gasteiger partial charge in [0.05, 0.1) is 16.3 Å². The Balaban J connectivity index is 1.45. The number of nitrogens with two attached hydrogens (primary N) is 1. The number of ketones is 1. The van der Waals surface area contributed by atoms with Crippen molar-refractivity contribution in [3.8, 4) is 28.5 Å². The Morgan fingerprint density at radius 2 is 1.70 bits per heavy atom. The van der Waals surface area contributed by atoms with Crippen molar-refractivity contribution in [3.05, 3.63) is 90.2 Å². The summed E-state index contributed by atoms with van der Waals surface area (Å²) in [5, 5.41) is 21.1. The lowest BCUT2D eigenvalue weighted by molar-refractivity contribution is 0.102. The molecule has 186 valence electrons. The third-order valence-electron chi connectivity index (χ3n) is 5.32. The Bertz CT molecular complexity index is 1670. The summed E-state index contributed by atoms with van der Waals surface area (Å²) in [5.74, 6) is -0.194. The number of thioether (sulfide) groups is 1. The summed E-state index contributed by atoms with van der Waals surface area (Å²) in [5.41, 5.74) is 2.75. The molecule has 0 bridgehead atoms. The minimum atomic E-state index is -3.84. The zero-order valence-electron chi connectivity index (χ0n) is 18.9. The highest BCUT2D eigenvalue weighted by atomic mass is 32.2. The SMILES string of the molecule is NS(=O)(=O)c1ccc(-n2nnc(-c3nc(SCC(=O)c4ccc(F)cc4)n[nH]3)c2-c2ccccc2)cc1. The minimum Gasteiger partial charge on any atom is -0.293 e. The second-order valence-electron chi connectivity index (χ2n) is 7.79. The van der Waals surface area contributed by atoms with Crippen molar-refractivity contribution in [3.63, 3.8) is 0 Å². The maximum atomic E-state index is 13.1. The van der Waals surface area contributed by atoms with E-state index in [1.54, 1.807) is 16.8 Å². The van der Waals surface area contributed by atoms with Crippen LogP contribution >= 0.6 is 11.8 Å². The van der Waals surface area contributed by atoms with Crippen molar-refractivity contribution < 1.29 is 17.6 Å². The van der Waals surface area contributed by atoms with Gasteiger partial charge in [-0.1, -0.05) is 47.3 Å². The van der Waals surface area contributed by atoms with Crippen LogP contribution in [0.2, 0.25) is 0 Å². The van der Waals surface area contributed by atoms with Crippen LogP contribution in [0.4, 0.5) is 4.39 Å². The van der Waals surface area contributed by atoms with Crippen LogP contribution in [0.15, 0.2) is 88.9 Å². The summed E-state index contributed by atoms with van der Waals surface area (Å²) in [6.45, 7) is 0. The molecule has 3 N–H and O–H groups in total. The highest BCUT2D eigenvalue weighted by Crippen LogP contribution is 2.31. The number of primary sulfonamides is 1. The maximum Gasteiger partial charge on any atom is 0.238 e. The third kappa shape index (κ3) is 5.33. The van der Waals surface area contributed by atoms with E-state index in [0.29, 0.717) is 33.6 Å². The molecule has 5 aromatic rings. The summed E-state index contributed by atoms with van der Waals surface area (Å²) in [6, 6.07) is 20.6. The zero-order valence-corrected chi connectivity index (χ0v) is 20.6. The molecule has 0 radical (unpaired) electrons. The molecule has 0 saturated heterocycles. The molecule has 0 amide bonds. The van der Waals surface area contributed by atoms with E-state index in [1.807, 2.05) is 30.3 Å². The first-order valence-corrected chi connectivity index (χ1v) is 13.3. The van der Waals surface area contributed by atoms with Crippen LogP contribution in [0.25, 0.3) is 28.5 Å². The summed E-state index contributed by atoms with van der Waals surface area (Å²) in [7, 11) is -3.84. The lowest BCUT2D eigenvalue weighted by atomic mass is 10.1. The standard InChI is InChI=1S/C24H18FN7O3S2/c25-17-8-6-15(7-9-17)20(33)14-36-24-27-23(29-30-24)21-22(16-4-2-1-3-5-16)32(31-28-21)18-10-12-19(13-11-18)37(26,34)35/h1-13H,14H2,(H2,26,34,35)(H,27,29,30). The molecule has 0 aliphatic rings. The first-order chi connectivity index (χ1) is 17.8. The molecule has 5 rings (SSSR count). The average molecular weight is 536 g/mol. The number of Topliss-reactive ketones (excluding diaryl/α,β-unsaturated/α-hetero) is 1. The number of carbonyl (C=O) groups excluding carboxylic acids is 1. The number of halogens is 1. The van der Waals surface area contributed by atoms with Crippen molar-refractivity contribution in [1.29, 1.82) is 0 Å². The minimum absolute atomic E-state index is 0.0232. The number of hydrogen-bond donors (Lipinski definition) is 2. The molecule has 2 heterocycles. The molecule has 0 saturated carbocycles. The number of benzene rings is 3. The first kappa shape index (κ1) is 24.5. The molecular formula is C24H18FN7O3S2. The van der Waals surface area contributed by atoms with E-state index in [4.69, 9.17) is 5.14 Å². The first-order valence-electron chi connectivity index (χ1n) is 10.8. The number of carbonyl (C=O) groups is 1. The molecule has 0 aliphatic carbocycles. The quantitative estimate of drug-likeness (QED) is 0.227. The molecule has 3 aromatic carbocycles. The van der Waals surface area contributed by atoms with Gasteiger partial charge in [-0.3, -0.25) is 9.89 Å². The summed E-state index contributed by atoms with van der Waals surface area (Å²) >= 11 is 1.13. The van der Waals surface area contributed by atoms with Gasteiger partial charge < -0.3 is 0 Å². The van der Waals surface area contributed by atoms with Crippen molar-refractivity contribution in [1.82, 2.24) is 30.2 Å². The fraction of sp³-hybridized carbons (Fsp3) is 0.0417. The van der Waals surface area contributed by atoms with Gasteiger partial charge in [0, 0.05) is 11.1 Å². The third-order valence-corrected chi connectivity index (χ3v) is 7.09.